The molecule has 0 atom stereocenters. The van der Waals surface area contributed by atoms with Gasteiger partial charge in [0.05, 0.1) is 24.0 Å². The molecule has 28 heavy (non-hydrogen) atoms. The number of rotatable bonds is 5. The van der Waals surface area contributed by atoms with Crippen molar-refractivity contribution in [1.82, 2.24) is 4.98 Å². The van der Waals surface area contributed by atoms with Crippen molar-refractivity contribution < 1.29 is 22.5 Å². The topological polar surface area (TPSA) is 86.8 Å². The number of ether oxygens (including phenoxy) is 1. The van der Waals surface area contributed by atoms with Gasteiger partial charge in [-0.25, -0.2) is 13.4 Å². The quantitative estimate of drug-likeness (QED) is 0.743. The SMILES string of the molecule is COc1ncc(B2OC(C)(C)C(C)(C)O2)cc1S(=O)(=O)Nc1cccc(Cl)c1. The molecule has 1 aromatic carbocycles. The molecule has 1 fully saturated rings. The van der Waals surface area contributed by atoms with Crippen LogP contribution in [0, 0.1) is 0 Å². The average molecular weight is 425 g/mol. The molecule has 7 nitrogen and oxygen atoms in total. The molecule has 0 radical (unpaired) electrons. The Balaban J connectivity index is 1.98. The first-order valence-electron chi connectivity index (χ1n) is 8.63. The number of hydrogen-bond acceptors (Lipinski definition) is 6. The first-order valence-corrected chi connectivity index (χ1v) is 10.5. The predicted molar refractivity (Wildman–Crippen MR) is 109 cm³/mol. The summed E-state index contributed by atoms with van der Waals surface area (Å²) in [6, 6.07) is 7.86. The van der Waals surface area contributed by atoms with Gasteiger partial charge in [0, 0.05) is 16.7 Å². The van der Waals surface area contributed by atoms with Crippen LogP contribution in [0.1, 0.15) is 27.7 Å². The average Bonchev–Trinajstić information content (AvgIpc) is 2.81. The zero-order chi connectivity index (χ0) is 20.7. The molecule has 2 aromatic rings. The molecular formula is C18H22BClN2O5S. The lowest BCUT2D eigenvalue weighted by Gasteiger charge is -2.32. The molecule has 1 aromatic heterocycles. The second-order valence-corrected chi connectivity index (χ2v) is 9.57. The Bertz CT molecular complexity index is 981. The number of hydrogen-bond donors (Lipinski definition) is 1. The van der Waals surface area contributed by atoms with Crippen LogP contribution in [0.15, 0.2) is 41.4 Å². The molecule has 0 bridgehead atoms. The Morgan fingerprint density at radius 1 is 1.14 bits per heavy atom. The Morgan fingerprint density at radius 2 is 1.79 bits per heavy atom. The van der Waals surface area contributed by atoms with E-state index in [-0.39, 0.29) is 10.8 Å². The summed E-state index contributed by atoms with van der Waals surface area (Å²) in [4.78, 5) is 4.01. The Kier molecular flexibility index (Phi) is 5.39. The Labute approximate surface area is 170 Å². The van der Waals surface area contributed by atoms with Crippen LogP contribution in [0.5, 0.6) is 5.88 Å². The number of nitrogens with zero attached hydrogens (tertiary/aromatic N) is 1. The van der Waals surface area contributed by atoms with Crippen LogP contribution in [0.3, 0.4) is 0 Å². The standard InChI is InChI=1S/C18H22BClN2O5S/c1-17(2)18(3,4)27-19(26-17)12-9-15(16(25-5)21-11-12)28(23,24)22-14-8-6-7-13(20)10-14/h6-11,22H,1-5H3. The van der Waals surface area contributed by atoms with E-state index in [0.717, 1.165) is 0 Å². The van der Waals surface area contributed by atoms with E-state index < -0.39 is 28.3 Å². The molecule has 2 heterocycles. The van der Waals surface area contributed by atoms with Crippen LogP contribution < -0.4 is 14.9 Å². The summed E-state index contributed by atoms with van der Waals surface area (Å²) < 4.78 is 45.5. The maximum atomic E-state index is 13.0. The van der Waals surface area contributed by atoms with E-state index in [1.54, 1.807) is 18.2 Å². The number of nitrogens with one attached hydrogen (secondary N) is 1. The molecule has 1 aliphatic rings. The van der Waals surface area contributed by atoms with Crippen LogP contribution >= 0.6 is 11.6 Å². The van der Waals surface area contributed by atoms with Crippen molar-refractivity contribution in [3.8, 4) is 5.88 Å². The van der Waals surface area contributed by atoms with Gasteiger partial charge in [0.1, 0.15) is 4.90 Å². The van der Waals surface area contributed by atoms with E-state index in [1.165, 1.54) is 25.4 Å². The fraction of sp³-hybridized carbons (Fsp3) is 0.389. The van der Waals surface area contributed by atoms with Crippen molar-refractivity contribution in [3.63, 3.8) is 0 Å². The smallest absolute Gasteiger partial charge is 0.480 e. The molecule has 0 saturated carbocycles. The van der Waals surface area contributed by atoms with Crippen molar-refractivity contribution in [1.29, 1.82) is 0 Å². The fourth-order valence-corrected chi connectivity index (χ4v) is 4.06. The summed E-state index contributed by atoms with van der Waals surface area (Å²) in [6.07, 6.45) is 1.49. The summed E-state index contributed by atoms with van der Waals surface area (Å²) >= 11 is 5.94. The van der Waals surface area contributed by atoms with Gasteiger partial charge >= 0.3 is 7.12 Å². The van der Waals surface area contributed by atoms with Gasteiger partial charge in [0.25, 0.3) is 10.0 Å². The largest absolute Gasteiger partial charge is 0.496 e. The lowest BCUT2D eigenvalue weighted by Crippen LogP contribution is -2.41. The molecule has 150 valence electrons. The van der Waals surface area contributed by atoms with Gasteiger partial charge in [-0.05, 0) is 52.0 Å². The number of sulfonamides is 1. The summed E-state index contributed by atoms with van der Waals surface area (Å²) in [5.74, 6) is -0.0326. The maximum absolute atomic E-state index is 13.0. The summed E-state index contributed by atoms with van der Waals surface area (Å²) in [7, 11) is -3.38. The minimum Gasteiger partial charge on any atom is -0.480 e. The van der Waals surface area contributed by atoms with E-state index in [0.29, 0.717) is 16.2 Å². The molecule has 0 amide bonds. The van der Waals surface area contributed by atoms with Gasteiger partial charge in [0.15, 0.2) is 0 Å². The van der Waals surface area contributed by atoms with E-state index in [1.807, 2.05) is 27.7 Å². The molecule has 0 aliphatic carbocycles. The number of methoxy groups -OCH3 is 1. The third kappa shape index (κ3) is 3.98. The van der Waals surface area contributed by atoms with Crippen molar-refractivity contribution in [2.75, 3.05) is 11.8 Å². The Hall–Kier alpha value is -1.81. The van der Waals surface area contributed by atoms with E-state index in [2.05, 4.69) is 9.71 Å². The van der Waals surface area contributed by atoms with Gasteiger partial charge in [0.2, 0.25) is 5.88 Å². The minimum absolute atomic E-state index is 0.0326. The number of anilines is 1. The highest BCUT2D eigenvalue weighted by molar-refractivity contribution is 7.92. The summed E-state index contributed by atoms with van der Waals surface area (Å²) in [5, 5.41) is 0.413. The van der Waals surface area contributed by atoms with Crippen molar-refractivity contribution >= 4 is 39.9 Å². The minimum atomic E-state index is -3.99. The number of halogens is 1. The highest BCUT2D eigenvalue weighted by Gasteiger charge is 2.52. The first kappa shape index (κ1) is 20.9. The number of benzene rings is 1. The monoisotopic (exact) mass is 424 g/mol. The van der Waals surface area contributed by atoms with Gasteiger partial charge < -0.3 is 14.0 Å². The normalized spacial score (nSPS) is 18.1. The van der Waals surface area contributed by atoms with Crippen LogP contribution in [0.25, 0.3) is 0 Å². The summed E-state index contributed by atoms with van der Waals surface area (Å²) in [5.41, 5.74) is -0.313. The molecule has 10 heteroatoms. The predicted octanol–water partition coefficient (Wildman–Crippen LogP) is 2.84. The molecule has 0 spiro atoms. The molecule has 0 unspecified atom stereocenters. The van der Waals surface area contributed by atoms with Crippen molar-refractivity contribution in [2.45, 2.75) is 43.8 Å². The van der Waals surface area contributed by atoms with Crippen molar-refractivity contribution in [3.05, 3.63) is 41.6 Å². The molecule has 1 aliphatic heterocycles. The van der Waals surface area contributed by atoms with Gasteiger partial charge in [-0.1, -0.05) is 17.7 Å². The number of aromatic nitrogens is 1. The molecule has 1 saturated heterocycles. The van der Waals surface area contributed by atoms with Crippen molar-refractivity contribution in [2.24, 2.45) is 0 Å². The third-order valence-corrected chi connectivity index (χ3v) is 6.54. The summed E-state index contributed by atoms with van der Waals surface area (Å²) in [6.45, 7) is 7.68. The zero-order valence-electron chi connectivity index (χ0n) is 16.3. The van der Waals surface area contributed by atoms with Crippen LogP contribution in [-0.4, -0.2) is 38.8 Å². The first-order chi connectivity index (χ1) is 12.9. The van der Waals surface area contributed by atoms with E-state index in [9.17, 15) is 8.42 Å². The highest BCUT2D eigenvalue weighted by Crippen LogP contribution is 2.36. The molecule has 3 rings (SSSR count). The zero-order valence-corrected chi connectivity index (χ0v) is 17.9. The molecular weight excluding hydrogens is 403 g/mol. The van der Waals surface area contributed by atoms with Gasteiger partial charge in [-0.2, -0.15) is 0 Å². The van der Waals surface area contributed by atoms with E-state index in [4.69, 9.17) is 25.6 Å². The van der Waals surface area contributed by atoms with Gasteiger partial charge in [-0.15, -0.1) is 0 Å². The second kappa shape index (κ2) is 7.22. The van der Waals surface area contributed by atoms with Gasteiger partial charge in [-0.3, -0.25) is 4.72 Å². The lowest BCUT2D eigenvalue weighted by atomic mass is 9.80. The van der Waals surface area contributed by atoms with Crippen LogP contribution in [0.2, 0.25) is 5.02 Å². The highest BCUT2D eigenvalue weighted by atomic mass is 35.5. The number of pyridine rings is 1. The third-order valence-electron chi connectivity index (χ3n) is 4.92. The maximum Gasteiger partial charge on any atom is 0.496 e. The molecule has 1 N–H and O–H groups in total. The Morgan fingerprint density at radius 3 is 2.36 bits per heavy atom. The lowest BCUT2D eigenvalue weighted by molar-refractivity contribution is 0.00578. The second-order valence-electron chi connectivity index (χ2n) is 7.48. The fourth-order valence-electron chi connectivity index (χ4n) is 2.66. The van der Waals surface area contributed by atoms with E-state index >= 15 is 0 Å². The van der Waals surface area contributed by atoms with Crippen LogP contribution in [-0.2, 0) is 19.3 Å². The van der Waals surface area contributed by atoms with Crippen LogP contribution in [0.4, 0.5) is 5.69 Å².